The van der Waals surface area contributed by atoms with E-state index in [1.807, 2.05) is 0 Å². The number of aromatic carboxylic acids is 1. The van der Waals surface area contributed by atoms with Gasteiger partial charge in [-0.15, -0.1) is 0 Å². The van der Waals surface area contributed by atoms with Gasteiger partial charge in [0.1, 0.15) is 18.2 Å². The summed E-state index contributed by atoms with van der Waals surface area (Å²) in [5, 5.41) is 11.9. The van der Waals surface area contributed by atoms with E-state index >= 15 is 0 Å². The van der Waals surface area contributed by atoms with Crippen molar-refractivity contribution in [2.75, 3.05) is 0 Å². The summed E-state index contributed by atoms with van der Waals surface area (Å²) in [6, 6.07) is 10.2. The van der Waals surface area contributed by atoms with Crippen molar-refractivity contribution in [3.63, 3.8) is 0 Å². The molecule has 1 aliphatic carbocycles. The Morgan fingerprint density at radius 2 is 1.67 bits per heavy atom. The van der Waals surface area contributed by atoms with Crippen LogP contribution in [0.5, 0.6) is 5.75 Å². The van der Waals surface area contributed by atoms with Crippen LogP contribution in [-0.4, -0.2) is 11.0 Å². The summed E-state index contributed by atoms with van der Waals surface area (Å²) in [5.41, 5.74) is -0.224. The summed E-state index contributed by atoms with van der Waals surface area (Å²) in [6.07, 6.45) is -3.33. The Balaban J connectivity index is 0.00000361. The first-order valence-electron chi connectivity index (χ1n) is 10.4. The molecule has 1 heterocycles. The predicted molar refractivity (Wildman–Crippen MR) is 121 cm³/mol. The average Bonchev–Trinajstić information content (AvgIpc) is 3.28. The Labute approximate surface area is 236 Å². The number of hydrogen-bond acceptors (Lipinski definition) is 4. The van der Waals surface area contributed by atoms with E-state index in [1.165, 1.54) is 12.1 Å². The number of halogens is 6. The van der Waals surface area contributed by atoms with E-state index < -0.39 is 29.2 Å². The molecule has 0 N–H and O–H groups in total. The minimum absolute atomic E-state index is 0. The zero-order valence-corrected chi connectivity index (χ0v) is 22.4. The average molecular weight is 548 g/mol. The predicted octanol–water partition coefficient (Wildman–Crippen LogP) is 3.59. The van der Waals surface area contributed by atoms with Crippen LogP contribution in [0.1, 0.15) is 52.1 Å². The van der Waals surface area contributed by atoms with Crippen LogP contribution in [0.4, 0.5) is 17.6 Å². The topological polar surface area (TPSA) is 62.2 Å². The fourth-order valence-corrected chi connectivity index (χ4v) is 4.27. The molecule has 2 aromatic carbocycles. The molecule has 36 heavy (non-hydrogen) atoms. The van der Waals surface area contributed by atoms with E-state index in [4.69, 9.17) is 27.9 Å². The van der Waals surface area contributed by atoms with Crippen LogP contribution in [0.25, 0.3) is 11.1 Å². The monoisotopic (exact) mass is 547 g/mol. The molecule has 3 aromatic rings. The van der Waals surface area contributed by atoms with Gasteiger partial charge in [0.25, 0.3) is 0 Å². The molecule has 0 aliphatic heterocycles. The molecule has 0 saturated carbocycles. The van der Waals surface area contributed by atoms with E-state index in [0.29, 0.717) is 52.8 Å². The zero-order chi connectivity index (χ0) is 25.3. The summed E-state index contributed by atoms with van der Waals surface area (Å²) < 4.78 is 60.3. The van der Waals surface area contributed by atoms with Gasteiger partial charge in [-0.25, -0.2) is 9.37 Å². The zero-order valence-electron chi connectivity index (χ0n) is 18.9. The van der Waals surface area contributed by atoms with Crippen molar-refractivity contribution < 1.29 is 61.8 Å². The fraction of sp³-hybridized carbons (Fsp3) is 0.200. The number of hydrogen-bond donors (Lipinski definition) is 0. The molecule has 0 spiro atoms. The number of benzene rings is 2. The van der Waals surface area contributed by atoms with E-state index in [0.717, 1.165) is 12.1 Å². The number of ether oxygens (including phenoxy) is 1. The maximum Gasteiger partial charge on any atom is 1.00 e. The molecule has 0 bridgehead atoms. The van der Waals surface area contributed by atoms with Crippen molar-refractivity contribution in [1.29, 1.82) is 0 Å². The quantitative estimate of drug-likeness (QED) is 0.349. The van der Waals surface area contributed by atoms with Gasteiger partial charge in [0, 0.05) is 21.2 Å². The number of carbonyl (C=O) groups excluding carboxylic acids is 1. The molecule has 0 saturated heterocycles. The molecule has 1 aromatic heterocycles. The molecule has 0 atom stereocenters. The van der Waals surface area contributed by atoms with Crippen LogP contribution < -0.4 is 39.4 Å². The SMILES string of the molecule is O=C([O-])c1cc(C(F)(F)F)cc(C2=C(c3cc(Cl)ccc3OCc3ccc(Cl)cc3F)CCC2)n1.[Na+]. The van der Waals surface area contributed by atoms with Gasteiger partial charge in [-0.05, 0) is 72.9 Å². The largest absolute Gasteiger partial charge is 1.00 e. The number of allylic oxidation sites excluding steroid dienone is 2. The Kier molecular flexibility index (Phi) is 9.11. The number of pyridine rings is 1. The number of rotatable bonds is 6. The van der Waals surface area contributed by atoms with Crippen LogP contribution in [0.3, 0.4) is 0 Å². The number of nitrogens with zero attached hydrogens (tertiary/aromatic N) is 1. The van der Waals surface area contributed by atoms with E-state index in [1.54, 1.807) is 18.2 Å². The molecule has 0 radical (unpaired) electrons. The van der Waals surface area contributed by atoms with Gasteiger partial charge in [-0.2, -0.15) is 13.2 Å². The number of aromatic nitrogens is 1. The normalized spacial score (nSPS) is 13.5. The molecule has 4 rings (SSSR count). The molecule has 4 nitrogen and oxygen atoms in total. The molecule has 0 unspecified atom stereocenters. The number of carboxylic acids is 1. The third-order valence-corrected chi connectivity index (χ3v) is 6.02. The van der Waals surface area contributed by atoms with Gasteiger partial charge in [0.15, 0.2) is 0 Å². The third kappa shape index (κ3) is 6.42. The molecule has 11 heteroatoms. The van der Waals surface area contributed by atoms with Crippen LogP contribution >= 0.6 is 23.2 Å². The van der Waals surface area contributed by atoms with Gasteiger partial charge in [0.2, 0.25) is 0 Å². The summed E-state index contributed by atoms with van der Waals surface area (Å²) in [6.45, 7) is -0.128. The number of carbonyl (C=O) groups is 1. The Bertz CT molecular complexity index is 1350. The van der Waals surface area contributed by atoms with Crippen molar-refractivity contribution in [2.45, 2.75) is 32.0 Å². The number of carboxylic acid groups (broad SMARTS) is 1. The van der Waals surface area contributed by atoms with E-state index in [-0.39, 0.29) is 52.4 Å². The van der Waals surface area contributed by atoms with Crippen LogP contribution in [0.2, 0.25) is 10.0 Å². The van der Waals surface area contributed by atoms with Crippen LogP contribution in [-0.2, 0) is 12.8 Å². The third-order valence-electron chi connectivity index (χ3n) is 5.55. The van der Waals surface area contributed by atoms with Crippen molar-refractivity contribution >= 4 is 40.3 Å². The molecule has 182 valence electrons. The molecule has 1 aliphatic rings. The van der Waals surface area contributed by atoms with Crippen molar-refractivity contribution in [3.05, 3.63) is 92.5 Å². The molecule has 0 amide bonds. The van der Waals surface area contributed by atoms with Gasteiger partial charge < -0.3 is 14.6 Å². The van der Waals surface area contributed by atoms with Crippen LogP contribution in [0.15, 0.2) is 48.5 Å². The smallest absolute Gasteiger partial charge is 0.543 e. The standard InChI is InChI=1S/C25H17Cl2F4NO3.Na/c26-15-6-7-23(35-12-13-4-5-16(27)11-20(13)28)19(10-15)17-2-1-3-18(17)21-8-14(25(29,30)31)9-22(32-21)24(33)34;/h4-11H,1-3,12H2,(H,33,34);/q;+1/p-1. The molecular weight excluding hydrogens is 532 g/mol. The summed E-state index contributed by atoms with van der Waals surface area (Å²) in [7, 11) is 0. The first kappa shape index (κ1) is 28.5. The second-order valence-corrected chi connectivity index (χ2v) is 8.76. The number of alkyl halides is 3. The van der Waals surface area contributed by atoms with E-state index in [2.05, 4.69) is 4.98 Å². The minimum Gasteiger partial charge on any atom is -0.543 e. The second kappa shape index (κ2) is 11.5. The van der Waals surface area contributed by atoms with Crippen molar-refractivity contribution in [2.24, 2.45) is 0 Å². The van der Waals surface area contributed by atoms with Gasteiger partial charge in [-0.1, -0.05) is 29.3 Å². The van der Waals surface area contributed by atoms with Gasteiger partial charge in [0.05, 0.1) is 22.9 Å². The Morgan fingerprint density at radius 1 is 1.00 bits per heavy atom. The van der Waals surface area contributed by atoms with Crippen molar-refractivity contribution in [3.8, 4) is 5.75 Å². The summed E-state index contributed by atoms with van der Waals surface area (Å²) >= 11 is 12.0. The first-order valence-corrected chi connectivity index (χ1v) is 11.2. The van der Waals surface area contributed by atoms with Gasteiger partial charge in [-0.3, -0.25) is 0 Å². The fourth-order valence-electron chi connectivity index (χ4n) is 3.94. The molecule has 0 fully saturated rings. The van der Waals surface area contributed by atoms with Crippen LogP contribution in [0, 0.1) is 5.82 Å². The molecular formula is C25H16Cl2F4NNaO3. The Hall–Kier alpha value is -2.10. The second-order valence-electron chi connectivity index (χ2n) is 7.89. The minimum atomic E-state index is -4.77. The first-order chi connectivity index (χ1) is 16.5. The van der Waals surface area contributed by atoms with Crippen molar-refractivity contribution in [1.82, 2.24) is 4.98 Å². The summed E-state index contributed by atoms with van der Waals surface area (Å²) in [5.74, 6) is -2.02. The van der Waals surface area contributed by atoms with Gasteiger partial charge >= 0.3 is 35.7 Å². The Morgan fingerprint density at radius 3 is 2.33 bits per heavy atom. The van der Waals surface area contributed by atoms with E-state index in [9.17, 15) is 27.5 Å². The maximum absolute atomic E-state index is 14.2. The summed E-state index contributed by atoms with van der Waals surface area (Å²) in [4.78, 5) is 15.2. The maximum atomic E-state index is 14.2.